The summed E-state index contributed by atoms with van der Waals surface area (Å²) in [6.45, 7) is 11.6. The Kier molecular flexibility index (Phi) is 6.81. The summed E-state index contributed by atoms with van der Waals surface area (Å²) in [5, 5.41) is 3.45. The fraction of sp³-hybridized carbons (Fsp3) is 0.625. The van der Waals surface area contributed by atoms with E-state index in [0.717, 1.165) is 31.9 Å². The molecule has 0 bridgehead atoms. The van der Waals surface area contributed by atoms with Crippen molar-refractivity contribution in [2.45, 2.75) is 40.7 Å². The quantitative estimate of drug-likeness (QED) is 0.755. The third kappa shape index (κ3) is 6.06. The third-order valence-corrected chi connectivity index (χ3v) is 3.01. The van der Waals surface area contributed by atoms with Gasteiger partial charge in [-0.05, 0) is 36.1 Å². The average molecular weight is 249 g/mol. The summed E-state index contributed by atoms with van der Waals surface area (Å²) in [7, 11) is 0. The minimum absolute atomic E-state index is 0.618. The van der Waals surface area contributed by atoms with Gasteiger partial charge in [-0.1, -0.05) is 46.2 Å². The van der Waals surface area contributed by atoms with Crippen LogP contribution < -0.4 is 10.1 Å². The Hall–Kier alpha value is -1.02. The molecule has 1 N–H and O–H groups in total. The number of hydrogen-bond acceptors (Lipinski definition) is 2. The van der Waals surface area contributed by atoms with Gasteiger partial charge in [0.15, 0.2) is 0 Å². The Morgan fingerprint density at radius 2 is 2.00 bits per heavy atom. The normalized spacial score (nSPS) is 12.7. The molecule has 0 heterocycles. The molecule has 1 aromatic carbocycles. The molecular formula is C16H27NO. The molecule has 0 aromatic heterocycles. The van der Waals surface area contributed by atoms with Crippen molar-refractivity contribution in [2.75, 3.05) is 13.2 Å². The first-order valence-electron chi connectivity index (χ1n) is 7.04. The van der Waals surface area contributed by atoms with Gasteiger partial charge in [0.2, 0.25) is 0 Å². The van der Waals surface area contributed by atoms with Crippen molar-refractivity contribution in [1.29, 1.82) is 0 Å². The fourth-order valence-electron chi connectivity index (χ4n) is 1.61. The monoisotopic (exact) mass is 249 g/mol. The molecule has 1 unspecified atom stereocenters. The zero-order valence-corrected chi connectivity index (χ0v) is 12.2. The molecular weight excluding hydrogens is 222 g/mol. The zero-order valence-electron chi connectivity index (χ0n) is 12.2. The van der Waals surface area contributed by atoms with Crippen LogP contribution in [-0.4, -0.2) is 13.2 Å². The van der Waals surface area contributed by atoms with Gasteiger partial charge < -0.3 is 10.1 Å². The van der Waals surface area contributed by atoms with Gasteiger partial charge in [0.05, 0.1) is 6.61 Å². The minimum atomic E-state index is 0.618. The summed E-state index contributed by atoms with van der Waals surface area (Å²) >= 11 is 0. The molecule has 0 saturated carbocycles. The van der Waals surface area contributed by atoms with Gasteiger partial charge in [-0.15, -0.1) is 0 Å². The van der Waals surface area contributed by atoms with Crippen LogP contribution in [0.4, 0.5) is 0 Å². The molecule has 2 heteroatoms. The summed E-state index contributed by atoms with van der Waals surface area (Å²) in [6, 6.07) is 8.38. The number of rotatable bonds is 8. The van der Waals surface area contributed by atoms with Gasteiger partial charge in [0.1, 0.15) is 5.75 Å². The van der Waals surface area contributed by atoms with Gasteiger partial charge in [-0.2, -0.15) is 0 Å². The lowest BCUT2D eigenvalue weighted by molar-refractivity contribution is 0.256. The van der Waals surface area contributed by atoms with E-state index in [2.05, 4.69) is 51.2 Å². The van der Waals surface area contributed by atoms with Crippen molar-refractivity contribution in [3.8, 4) is 5.75 Å². The van der Waals surface area contributed by atoms with Crippen LogP contribution in [-0.2, 0) is 6.54 Å². The first-order chi connectivity index (χ1) is 8.61. The zero-order chi connectivity index (χ0) is 13.4. The van der Waals surface area contributed by atoms with E-state index >= 15 is 0 Å². The van der Waals surface area contributed by atoms with Crippen LogP contribution in [0.5, 0.6) is 5.75 Å². The molecule has 0 aliphatic heterocycles. The highest BCUT2D eigenvalue weighted by molar-refractivity contribution is 5.28. The number of hydrogen-bond donors (Lipinski definition) is 1. The van der Waals surface area contributed by atoms with Gasteiger partial charge in [0, 0.05) is 6.54 Å². The van der Waals surface area contributed by atoms with E-state index in [1.807, 2.05) is 6.07 Å². The summed E-state index contributed by atoms with van der Waals surface area (Å²) in [6.07, 6.45) is 1.16. The van der Waals surface area contributed by atoms with Gasteiger partial charge in [-0.25, -0.2) is 0 Å². The molecule has 1 atom stereocenters. The third-order valence-electron chi connectivity index (χ3n) is 3.01. The van der Waals surface area contributed by atoms with Crippen molar-refractivity contribution >= 4 is 0 Å². The molecule has 0 saturated heterocycles. The van der Waals surface area contributed by atoms with Crippen molar-refractivity contribution < 1.29 is 4.74 Å². The average Bonchev–Trinajstić information content (AvgIpc) is 2.36. The van der Waals surface area contributed by atoms with E-state index in [1.54, 1.807) is 0 Å². The van der Waals surface area contributed by atoms with E-state index in [4.69, 9.17) is 4.74 Å². The maximum absolute atomic E-state index is 5.80. The van der Waals surface area contributed by atoms with E-state index in [1.165, 1.54) is 5.56 Å². The van der Waals surface area contributed by atoms with Crippen molar-refractivity contribution in [3.63, 3.8) is 0 Å². The molecule has 1 aromatic rings. The van der Waals surface area contributed by atoms with Crippen LogP contribution in [0, 0.1) is 11.8 Å². The topological polar surface area (TPSA) is 21.3 Å². The Labute approximate surface area is 112 Å². The lowest BCUT2D eigenvalue weighted by atomic mass is 10.1. The van der Waals surface area contributed by atoms with Crippen LogP contribution in [0.2, 0.25) is 0 Å². The van der Waals surface area contributed by atoms with E-state index in [9.17, 15) is 0 Å². The highest BCUT2D eigenvalue weighted by Crippen LogP contribution is 2.15. The molecule has 0 amide bonds. The summed E-state index contributed by atoms with van der Waals surface area (Å²) in [5.74, 6) is 2.29. The Balaban J connectivity index is 2.41. The first kappa shape index (κ1) is 15.0. The second-order valence-electron chi connectivity index (χ2n) is 5.50. The lowest BCUT2D eigenvalue weighted by Crippen LogP contribution is -2.18. The molecule has 2 nitrogen and oxygen atoms in total. The Bertz CT molecular complexity index is 336. The molecule has 102 valence electrons. The molecule has 0 spiro atoms. The largest absolute Gasteiger partial charge is 0.493 e. The summed E-state index contributed by atoms with van der Waals surface area (Å²) < 4.78 is 5.80. The predicted octanol–water partition coefficient (Wildman–Crippen LogP) is 3.86. The first-order valence-corrected chi connectivity index (χ1v) is 7.04. The molecule has 0 fully saturated rings. The number of benzene rings is 1. The number of nitrogens with one attached hydrogen (secondary N) is 1. The maximum atomic E-state index is 5.80. The van der Waals surface area contributed by atoms with E-state index in [-0.39, 0.29) is 0 Å². The second kappa shape index (κ2) is 8.15. The van der Waals surface area contributed by atoms with Crippen molar-refractivity contribution in [1.82, 2.24) is 5.32 Å². The molecule has 1 rings (SSSR count). The van der Waals surface area contributed by atoms with Crippen LogP contribution in [0.3, 0.4) is 0 Å². The van der Waals surface area contributed by atoms with Gasteiger partial charge >= 0.3 is 0 Å². The smallest absolute Gasteiger partial charge is 0.119 e. The van der Waals surface area contributed by atoms with E-state index in [0.29, 0.717) is 11.8 Å². The highest BCUT2D eigenvalue weighted by atomic mass is 16.5. The van der Waals surface area contributed by atoms with Crippen LogP contribution in [0.1, 0.15) is 39.7 Å². The molecule has 0 aliphatic rings. The summed E-state index contributed by atoms with van der Waals surface area (Å²) in [4.78, 5) is 0. The Morgan fingerprint density at radius 3 is 2.67 bits per heavy atom. The SMILES string of the molecule is CCC(C)COc1cccc(CNCC(C)C)c1. The lowest BCUT2D eigenvalue weighted by Gasteiger charge is -2.12. The van der Waals surface area contributed by atoms with Crippen molar-refractivity contribution in [2.24, 2.45) is 11.8 Å². The Morgan fingerprint density at radius 1 is 1.22 bits per heavy atom. The maximum Gasteiger partial charge on any atom is 0.119 e. The minimum Gasteiger partial charge on any atom is -0.493 e. The highest BCUT2D eigenvalue weighted by Gasteiger charge is 2.01. The predicted molar refractivity (Wildman–Crippen MR) is 77.9 cm³/mol. The standard InChI is InChI=1S/C16H27NO/c1-5-14(4)12-18-16-8-6-7-15(9-16)11-17-10-13(2)3/h6-9,13-14,17H,5,10-12H2,1-4H3. The van der Waals surface area contributed by atoms with Gasteiger partial charge in [0.25, 0.3) is 0 Å². The van der Waals surface area contributed by atoms with Crippen LogP contribution in [0.15, 0.2) is 24.3 Å². The van der Waals surface area contributed by atoms with E-state index < -0.39 is 0 Å². The molecule has 0 aliphatic carbocycles. The number of ether oxygens (including phenoxy) is 1. The van der Waals surface area contributed by atoms with Crippen LogP contribution in [0.25, 0.3) is 0 Å². The second-order valence-corrected chi connectivity index (χ2v) is 5.50. The fourth-order valence-corrected chi connectivity index (χ4v) is 1.61. The van der Waals surface area contributed by atoms with Gasteiger partial charge in [-0.3, -0.25) is 0 Å². The van der Waals surface area contributed by atoms with Crippen LogP contribution >= 0.6 is 0 Å². The molecule has 0 radical (unpaired) electrons. The molecule has 18 heavy (non-hydrogen) atoms. The summed E-state index contributed by atoms with van der Waals surface area (Å²) in [5.41, 5.74) is 1.29. The van der Waals surface area contributed by atoms with Crippen molar-refractivity contribution in [3.05, 3.63) is 29.8 Å².